The van der Waals surface area contributed by atoms with Gasteiger partial charge in [-0.3, -0.25) is 9.63 Å². The van der Waals surface area contributed by atoms with Crippen molar-refractivity contribution < 1.29 is 19.5 Å². The number of hydrogen-bond acceptors (Lipinski definition) is 4. The Morgan fingerprint density at radius 1 is 1.60 bits per heavy atom. The Hall–Kier alpha value is -1.59. The second-order valence-electron chi connectivity index (χ2n) is 3.00. The SMILES string of the molecule is COc1cccc(C(CC(=O)O)ON)c1. The molecule has 0 bridgehead atoms. The summed E-state index contributed by atoms with van der Waals surface area (Å²) in [6, 6.07) is 6.95. The first-order chi connectivity index (χ1) is 7.17. The van der Waals surface area contributed by atoms with E-state index in [1.807, 2.05) is 0 Å². The third kappa shape index (κ3) is 3.23. The molecule has 1 rings (SSSR count). The molecular weight excluding hydrogens is 198 g/mol. The van der Waals surface area contributed by atoms with Crippen LogP contribution in [-0.4, -0.2) is 18.2 Å². The van der Waals surface area contributed by atoms with Gasteiger partial charge in [-0.1, -0.05) is 12.1 Å². The fourth-order valence-electron chi connectivity index (χ4n) is 1.24. The van der Waals surface area contributed by atoms with Crippen LogP contribution >= 0.6 is 0 Å². The highest BCUT2D eigenvalue weighted by Gasteiger charge is 2.15. The third-order valence-corrected chi connectivity index (χ3v) is 1.99. The molecule has 1 aromatic rings. The Balaban J connectivity index is 2.85. The van der Waals surface area contributed by atoms with Crippen LogP contribution in [0.2, 0.25) is 0 Å². The van der Waals surface area contributed by atoms with E-state index in [-0.39, 0.29) is 6.42 Å². The maximum Gasteiger partial charge on any atom is 0.306 e. The second kappa shape index (κ2) is 5.33. The van der Waals surface area contributed by atoms with E-state index in [2.05, 4.69) is 4.84 Å². The van der Waals surface area contributed by atoms with Gasteiger partial charge in [-0.2, -0.15) is 0 Å². The molecule has 0 aliphatic carbocycles. The molecule has 0 heterocycles. The van der Waals surface area contributed by atoms with Gasteiger partial charge in [0.05, 0.1) is 13.5 Å². The lowest BCUT2D eigenvalue weighted by atomic mass is 10.1. The largest absolute Gasteiger partial charge is 0.497 e. The number of carbonyl (C=O) groups is 1. The van der Waals surface area contributed by atoms with Crippen LogP contribution in [0.1, 0.15) is 18.1 Å². The van der Waals surface area contributed by atoms with Crippen molar-refractivity contribution >= 4 is 5.97 Å². The van der Waals surface area contributed by atoms with Gasteiger partial charge in [0.1, 0.15) is 11.9 Å². The lowest BCUT2D eigenvalue weighted by Crippen LogP contribution is -2.13. The molecule has 0 saturated carbocycles. The number of ether oxygens (including phenoxy) is 1. The molecule has 0 saturated heterocycles. The first-order valence-electron chi connectivity index (χ1n) is 4.38. The monoisotopic (exact) mass is 211 g/mol. The first kappa shape index (κ1) is 11.5. The molecule has 0 spiro atoms. The van der Waals surface area contributed by atoms with E-state index in [0.717, 1.165) is 0 Å². The first-order valence-corrected chi connectivity index (χ1v) is 4.38. The van der Waals surface area contributed by atoms with Crippen LogP contribution in [0.4, 0.5) is 0 Å². The van der Waals surface area contributed by atoms with Crippen molar-refractivity contribution in [3.8, 4) is 5.75 Å². The summed E-state index contributed by atoms with van der Waals surface area (Å²) in [5.74, 6) is 4.71. The maximum absolute atomic E-state index is 10.5. The van der Waals surface area contributed by atoms with Crippen LogP contribution in [0.25, 0.3) is 0 Å². The van der Waals surface area contributed by atoms with E-state index in [0.29, 0.717) is 11.3 Å². The molecule has 0 amide bonds. The minimum absolute atomic E-state index is 0.177. The summed E-state index contributed by atoms with van der Waals surface area (Å²) in [6.45, 7) is 0. The zero-order valence-corrected chi connectivity index (χ0v) is 8.34. The minimum atomic E-state index is -0.965. The van der Waals surface area contributed by atoms with Crippen molar-refractivity contribution in [2.75, 3.05) is 7.11 Å². The fraction of sp³-hybridized carbons (Fsp3) is 0.300. The second-order valence-corrected chi connectivity index (χ2v) is 3.00. The number of nitrogens with two attached hydrogens (primary N) is 1. The van der Waals surface area contributed by atoms with Gasteiger partial charge in [-0.25, -0.2) is 5.90 Å². The molecule has 1 aromatic carbocycles. The van der Waals surface area contributed by atoms with Crippen LogP contribution in [0.3, 0.4) is 0 Å². The summed E-state index contributed by atoms with van der Waals surface area (Å²) in [4.78, 5) is 15.1. The standard InChI is InChI=1S/C10H13NO4/c1-14-8-4-2-3-7(5-8)9(15-11)6-10(12)13/h2-5,9H,6,11H2,1H3,(H,12,13). The molecule has 5 nitrogen and oxygen atoms in total. The van der Waals surface area contributed by atoms with Gasteiger partial charge in [0.2, 0.25) is 0 Å². The summed E-state index contributed by atoms with van der Waals surface area (Å²) in [6.07, 6.45) is -0.832. The van der Waals surface area contributed by atoms with Crippen LogP contribution in [0, 0.1) is 0 Å². The smallest absolute Gasteiger partial charge is 0.306 e. The van der Waals surface area contributed by atoms with Crippen molar-refractivity contribution in [3.05, 3.63) is 29.8 Å². The highest BCUT2D eigenvalue weighted by molar-refractivity contribution is 5.67. The molecule has 0 fully saturated rings. The van der Waals surface area contributed by atoms with Crippen molar-refractivity contribution in [1.82, 2.24) is 0 Å². The van der Waals surface area contributed by atoms with Crippen LogP contribution in [0.15, 0.2) is 24.3 Å². The van der Waals surface area contributed by atoms with E-state index >= 15 is 0 Å². The highest BCUT2D eigenvalue weighted by Crippen LogP contribution is 2.23. The summed E-state index contributed by atoms with van der Waals surface area (Å²) in [7, 11) is 1.54. The number of carboxylic acid groups (broad SMARTS) is 1. The number of carboxylic acids is 1. The molecule has 1 unspecified atom stereocenters. The van der Waals surface area contributed by atoms with Crippen molar-refractivity contribution in [3.63, 3.8) is 0 Å². The zero-order chi connectivity index (χ0) is 11.3. The van der Waals surface area contributed by atoms with E-state index in [1.54, 1.807) is 24.3 Å². The third-order valence-electron chi connectivity index (χ3n) is 1.99. The van der Waals surface area contributed by atoms with Gasteiger partial charge in [-0.15, -0.1) is 0 Å². The molecule has 5 heteroatoms. The van der Waals surface area contributed by atoms with Gasteiger partial charge >= 0.3 is 5.97 Å². The lowest BCUT2D eigenvalue weighted by Gasteiger charge is -2.13. The summed E-state index contributed by atoms with van der Waals surface area (Å²) >= 11 is 0. The van der Waals surface area contributed by atoms with Gasteiger partial charge < -0.3 is 9.84 Å². The van der Waals surface area contributed by atoms with E-state index < -0.39 is 12.1 Å². The molecule has 82 valence electrons. The van der Waals surface area contributed by atoms with Gasteiger partial charge in [0.25, 0.3) is 0 Å². The summed E-state index contributed by atoms with van der Waals surface area (Å²) in [5.41, 5.74) is 0.680. The van der Waals surface area contributed by atoms with Crippen LogP contribution in [-0.2, 0) is 9.63 Å². The van der Waals surface area contributed by atoms with Gasteiger partial charge in [0.15, 0.2) is 0 Å². The molecule has 0 radical (unpaired) electrons. The summed E-state index contributed by atoms with van der Waals surface area (Å²) in [5, 5.41) is 8.64. The Labute approximate surface area is 87.4 Å². The van der Waals surface area contributed by atoms with E-state index in [4.69, 9.17) is 15.7 Å². The normalized spacial score (nSPS) is 12.1. The predicted octanol–water partition coefficient (Wildman–Crippen LogP) is 1.10. The molecule has 0 aromatic heterocycles. The molecule has 0 aliphatic heterocycles. The minimum Gasteiger partial charge on any atom is -0.497 e. The Kier molecular flexibility index (Phi) is 4.08. The van der Waals surface area contributed by atoms with Crippen molar-refractivity contribution in [1.29, 1.82) is 0 Å². The number of benzene rings is 1. The van der Waals surface area contributed by atoms with Gasteiger partial charge in [-0.05, 0) is 17.7 Å². The number of methoxy groups -OCH3 is 1. The van der Waals surface area contributed by atoms with Crippen molar-refractivity contribution in [2.45, 2.75) is 12.5 Å². The number of rotatable bonds is 5. The molecule has 1 atom stereocenters. The Morgan fingerprint density at radius 2 is 2.33 bits per heavy atom. The highest BCUT2D eigenvalue weighted by atomic mass is 16.6. The quantitative estimate of drug-likeness (QED) is 0.713. The summed E-state index contributed by atoms with van der Waals surface area (Å²) < 4.78 is 5.01. The Bertz CT molecular complexity index is 340. The average Bonchev–Trinajstić information content (AvgIpc) is 2.25. The average molecular weight is 211 g/mol. The topological polar surface area (TPSA) is 81.8 Å². The molecule has 15 heavy (non-hydrogen) atoms. The molecule has 0 aliphatic rings. The van der Waals surface area contributed by atoms with E-state index in [9.17, 15) is 4.79 Å². The maximum atomic E-state index is 10.5. The van der Waals surface area contributed by atoms with Crippen LogP contribution < -0.4 is 10.6 Å². The number of hydrogen-bond donors (Lipinski definition) is 2. The van der Waals surface area contributed by atoms with Crippen molar-refractivity contribution in [2.24, 2.45) is 5.90 Å². The lowest BCUT2D eigenvalue weighted by molar-refractivity contribution is -0.140. The molecular formula is C10H13NO4. The zero-order valence-electron chi connectivity index (χ0n) is 8.34. The number of aliphatic carboxylic acids is 1. The van der Waals surface area contributed by atoms with Gasteiger partial charge in [0, 0.05) is 0 Å². The fourth-order valence-corrected chi connectivity index (χ4v) is 1.24. The predicted molar refractivity (Wildman–Crippen MR) is 53.3 cm³/mol. The van der Waals surface area contributed by atoms with Crippen LogP contribution in [0.5, 0.6) is 5.75 Å². The Morgan fingerprint density at radius 3 is 2.87 bits per heavy atom. The molecule has 3 N–H and O–H groups in total. The van der Waals surface area contributed by atoms with E-state index in [1.165, 1.54) is 7.11 Å².